The van der Waals surface area contributed by atoms with Crippen LogP contribution in [-0.2, 0) is 18.4 Å². The lowest BCUT2D eigenvalue weighted by Crippen LogP contribution is -2.41. The van der Waals surface area contributed by atoms with E-state index < -0.39 is 0 Å². The fourth-order valence-corrected chi connectivity index (χ4v) is 2.20. The van der Waals surface area contributed by atoms with Crippen LogP contribution in [-0.4, -0.2) is 34.8 Å². The summed E-state index contributed by atoms with van der Waals surface area (Å²) in [5.41, 5.74) is 7.71. The van der Waals surface area contributed by atoms with E-state index in [9.17, 15) is 4.79 Å². The number of hydrogen-bond donors (Lipinski definition) is 2. The molecular weight excluding hydrogens is 242 g/mol. The smallest absolute Gasteiger partial charge is 0.239 e. The first-order valence-corrected chi connectivity index (χ1v) is 6.67. The minimum absolute atomic E-state index is 0.0127. The molecule has 1 aromatic rings. The molecule has 1 amide bonds. The lowest BCUT2D eigenvalue weighted by Gasteiger charge is -2.24. The average molecular weight is 267 g/mol. The van der Waals surface area contributed by atoms with E-state index >= 15 is 0 Å². The number of nitrogens with zero attached hydrogens (tertiary/aromatic N) is 3. The van der Waals surface area contributed by atoms with E-state index in [0.717, 1.165) is 23.6 Å². The largest absolute Gasteiger partial charge is 0.352 e. The second kappa shape index (κ2) is 6.56. The first-order chi connectivity index (χ1) is 8.90. The minimum Gasteiger partial charge on any atom is -0.352 e. The molecule has 0 bridgehead atoms. The summed E-state index contributed by atoms with van der Waals surface area (Å²) in [6.07, 6.45) is 0. The molecule has 3 N–H and O–H groups in total. The van der Waals surface area contributed by atoms with Gasteiger partial charge >= 0.3 is 0 Å². The van der Waals surface area contributed by atoms with Crippen molar-refractivity contribution in [1.82, 2.24) is 15.1 Å². The minimum atomic E-state index is 0.0127. The number of aromatic nitrogens is 2. The van der Waals surface area contributed by atoms with Crippen LogP contribution >= 0.6 is 0 Å². The molecule has 0 saturated heterocycles. The number of aryl methyl sites for hydroxylation is 2. The van der Waals surface area contributed by atoms with Crippen molar-refractivity contribution in [1.29, 1.82) is 0 Å². The zero-order valence-electron chi connectivity index (χ0n) is 12.5. The second-order valence-electron chi connectivity index (χ2n) is 4.95. The molecule has 0 aromatic carbocycles. The number of carbonyl (C=O) groups excluding carboxylic acids is 1. The van der Waals surface area contributed by atoms with Gasteiger partial charge < -0.3 is 16.0 Å². The predicted molar refractivity (Wildman–Crippen MR) is 77.0 cm³/mol. The third kappa shape index (κ3) is 3.70. The van der Waals surface area contributed by atoms with Crippen molar-refractivity contribution in [2.75, 3.05) is 18.0 Å². The van der Waals surface area contributed by atoms with Gasteiger partial charge in [0, 0.05) is 31.7 Å². The standard InChI is InChI=1S/C13H25N5O/c1-6-18(8-12(19)15-9(2)3)13-11(7-14)10(4)16-17(13)5/h9H,6-8,14H2,1-5H3,(H,15,19). The van der Waals surface area contributed by atoms with Gasteiger partial charge in [-0.3, -0.25) is 9.48 Å². The number of rotatable bonds is 6. The maximum atomic E-state index is 11.9. The van der Waals surface area contributed by atoms with E-state index in [0.29, 0.717) is 13.1 Å². The van der Waals surface area contributed by atoms with Gasteiger partial charge in [0.2, 0.25) is 5.91 Å². The Morgan fingerprint density at radius 1 is 1.53 bits per heavy atom. The fourth-order valence-electron chi connectivity index (χ4n) is 2.20. The van der Waals surface area contributed by atoms with Crippen molar-refractivity contribution in [2.45, 2.75) is 40.3 Å². The van der Waals surface area contributed by atoms with Crippen LogP contribution in [0.15, 0.2) is 0 Å². The molecule has 6 nitrogen and oxygen atoms in total. The quantitative estimate of drug-likeness (QED) is 0.788. The maximum Gasteiger partial charge on any atom is 0.239 e. The molecule has 6 heteroatoms. The van der Waals surface area contributed by atoms with Crippen LogP contribution in [0, 0.1) is 6.92 Å². The van der Waals surface area contributed by atoms with Gasteiger partial charge in [-0.25, -0.2) is 0 Å². The van der Waals surface area contributed by atoms with Crippen LogP contribution in [0.4, 0.5) is 5.82 Å². The summed E-state index contributed by atoms with van der Waals surface area (Å²) in [4.78, 5) is 13.9. The van der Waals surface area contributed by atoms with Gasteiger partial charge in [0.25, 0.3) is 0 Å². The normalized spacial score (nSPS) is 10.9. The molecule has 0 aliphatic rings. The highest BCUT2D eigenvalue weighted by Crippen LogP contribution is 2.22. The molecule has 1 rings (SSSR count). The summed E-state index contributed by atoms with van der Waals surface area (Å²) in [6, 6.07) is 0.147. The lowest BCUT2D eigenvalue weighted by atomic mass is 10.2. The van der Waals surface area contributed by atoms with Crippen LogP contribution in [0.25, 0.3) is 0 Å². The van der Waals surface area contributed by atoms with Crippen LogP contribution in [0.2, 0.25) is 0 Å². The monoisotopic (exact) mass is 267 g/mol. The molecule has 0 radical (unpaired) electrons. The molecule has 108 valence electrons. The Hall–Kier alpha value is -1.56. The predicted octanol–water partition coefficient (Wildman–Crippen LogP) is 0.538. The Morgan fingerprint density at radius 2 is 2.16 bits per heavy atom. The van der Waals surface area contributed by atoms with Crippen LogP contribution in [0.3, 0.4) is 0 Å². The third-order valence-electron chi connectivity index (χ3n) is 2.98. The molecule has 0 unspecified atom stereocenters. The van der Waals surface area contributed by atoms with E-state index in [-0.39, 0.29) is 11.9 Å². The van der Waals surface area contributed by atoms with Crippen molar-refractivity contribution in [3.8, 4) is 0 Å². The fraction of sp³-hybridized carbons (Fsp3) is 0.692. The Labute approximate surface area is 114 Å². The first kappa shape index (κ1) is 15.5. The molecular formula is C13H25N5O. The molecule has 0 saturated carbocycles. The molecule has 0 aliphatic heterocycles. The van der Waals surface area contributed by atoms with E-state index in [1.807, 2.05) is 39.6 Å². The molecule has 0 spiro atoms. The Kier molecular flexibility index (Phi) is 5.35. The van der Waals surface area contributed by atoms with E-state index in [1.54, 1.807) is 4.68 Å². The Morgan fingerprint density at radius 3 is 2.63 bits per heavy atom. The summed E-state index contributed by atoms with van der Waals surface area (Å²) in [6.45, 7) is 9.34. The summed E-state index contributed by atoms with van der Waals surface area (Å²) < 4.78 is 1.80. The molecule has 0 fully saturated rings. The van der Waals surface area contributed by atoms with Gasteiger partial charge in [-0.05, 0) is 27.7 Å². The molecule has 19 heavy (non-hydrogen) atoms. The van der Waals surface area contributed by atoms with Crippen molar-refractivity contribution in [3.63, 3.8) is 0 Å². The number of carbonyl (C=O) groups is 1. The summed E-state index contributed by atoms with van der Waals surface area (Å²) >= 11 is 0. The van der Waals surface area contributed by atoms with Gasteiger partial charge in [-0.2, -0.15) is 5.10 Å². The van der Waals surface area contributed by atoms with Gasteiger partial charge in [-0.1, -0.05) is 0 Å². The summed E-state index contributed by atoms with van der Waals surface area (Å²) in [7, 11) is 1.88. The maximum absolute atomic E-state index is 11.9. The van der Waals surface area contributed by atoms with E-state index in [2.05, 4.69) is 10.4 Å². The number of likely N-dealkylation sites (N-methyl/N-ethyl adjacent to an activating group) is 1. The SMILES string of the molecule is CCN(CC(=O)NC(C)C)c1c(CN)c(C)nn1C. The average Bonchev–Trinajstić information content (AvgIpc) is 2.59. The van der Waals surface area contributed by atoms with Crippen molar-refractivity contribution in [2.24, 2.45) is 12.8 Å². The van der Waals surface area contributed by atoms with Gasteiger partial charge in [0.05, 0.1) is 12.2 Å². The van der Waals surface area contributed by atoms with Crippen LogP contribution < -0.4 is 16.0 Å². The number of anilines is 1. The van der Waals surface area contributed by atoms with E-state index in [1.165, 1.54) is 0 Å². The Bertz CT molecular complexity index is 438. The van der Waals surface area contributed by atoms with Crippen molar-refractivity contribution < 1.29 is 4.79 Å². The van der Waals surface area contributed by atoms with Crippen LogP contribution in [0.5, 0.6) is 0 Å². The molecule has 0 aliphatic carbocycles. The third-order valence-corrected chi connectivity index (χ3v) is 2.98. The molecule has 1 heterocycles. The van der Waals surface area contributed by atoms with Crippen molar-refractivity contribution >= 4 is 11.7 Å². The molecule has 1 aromatic heterocycles. The Balaban J connectivity index is 2.94. The summed E-state index contributed by atoms with van der Waals surface area (Å²) in [5.74, 6) is 0.945. The zero-order chi connectivity index (χ0) is 14.6. The summed E-state index contributed by atoms with van der Waals surface area (Å²) in [5, 5.41) is 7.28. The van der Waals surface area contributed by atoms with Crippen molar-refractivity contribution in [3.05, 3.63) is 11.3 Å². The van der Waals surface area contributed by atoms with Gasteiger partial charge in [0.1, 0.15) is 5.82 Å². The highest BCUT2D eigenvalue weighted by molar-refractivity contribution is 5.81. The van der Waals surface area contributed by atoms with Gasteiger partial charge in [-0.15, -0.1) is 0 Å². The number of amides is 1. The number of nitrogens with one attached hydrogen (secondary N) is 1. The highest BCUT2D eigenvalue weighted by atomic mass is 16.2. The number of hydrogen-bond acceptors (Lipinski definition) is 4. The molecule has 0 atom stereocenters. The van der Waals surface area contributed by atoms with Gasteiger partial charge in [0.15, 0.2) is 0 Å². The second-order valence-corrected chi connectivity index (χ2v) is 4.95. The lowest BCUT2D eigenvalue weighted by molar-refractivity contribution is -0.120. The topological polar surface area (TPSA) is 76.2 Å². The highest BCUT2D eigenvalue weighted by Gasteiger charge is 2.19. The number of nitrogens with two attached hydrogens (primary N) is 1. The van der Waals surface area contributed by atoms with E-state index in [4.69, 9.17) is 5.73 Å². The zero-order valence-corrected chi connectivity index (χ0v) is 12.5. The first-order valence-electron chi connectivity index (χ1n) is 6.67. The van der Waals surface area contributed by atoms with Crippen LogP contribution in [0.1, 0.15) is 32.0 Å².